The molecule has 1 aliphatic rings. The Kier molecular flexibility index (Phi) is 8.42. The molecule has 0 unspecified atom stereocenters. The Morgan fingerprint density at radius 2 is 1.93 bits per heavy atom. The number of carbonyl (C=O) groups is 2. The predicted octanol–water partition coefficient (Wildman–Crippen LogP) is 0.847. The van der Waals surface area contributed by atoms with Crippen molar-refractivity contribution in [3.8, 4) is 0 Å². The molecule has 0 radical (unpaired) electrons. The first-order valence-electron chi connectivity index (χ1n) is 9.60. The van der Waals surface area contributed by atoms with Crippen molar-refractivity contribution in [1.29, 1.82) is 0 Å². The van der Waals surface area contributed by atoms with Gasteiger partial charge in [0.05, 0.1) is 29.4 Å². The van der Waals surface area contributed by atoms with Crippen LogP contribution in [0.25, 0.3) is 0 Å². The van der Waals surface area contributed by atoms with Gasteiger partial charge in [0.15, 0.2) is 6.61 Å². The van der Waals surface area contributed by atoms with Gasteiger partial charge in [-0.3, -0.25) is 4.79 Å². The number of anilines is 1. The molecule has 1 N–H and O–H groups in total. The van der Waals surface area contributed by atoms with Crippen LogP contribution in [0.3, 0.4) is 0 Å². The monoisotopic (exact) mass is 427 g/mol. The van der Waals surface area contributed by atoms with Crippen LogP contribution >= 0.6 is 0 Å². The van der Waals surface area contributed by atoms with Crippen molar-refractivity contribution in [2.24, 2.45) is 0 Å². The molecule has 1 aliphatic heterocycles. The van der Waals surface area contributed by atoms with E-state index in [4.69, 9.17) is 9.47 Å². The van der Waals surface area contributed by atoms with Crippen molar-refractivity contribution >= 4 is 27.6 Å². The van der Waals surface area contributed by atoms with E-state index in [9.17, 15) is 18.0 Å². The molecule has 0 spiro atoms. The molecule has 0 aliphatic carbocycles. The minimum Gasteiger partial charge on any atom is -0.452 e. The average molecular weight is 428 g/mol. The summed E-state index contributed by atoms with van der Waals surface area (Å²) in [6.07, 6.45) is 1.78. The van der Waals surface area contributed by atoms with Crippen LogP contribution in [0.2, 0.25) is 0 Å². The largest absolute Gasteiger partial charge is 0.452 e. The number of sulfonamides is 1. The van der Waals surface area contributed by atoms with Crippen LogP contribution in [0, 0.1) is 0 Å². The summed E-state index contributed by atoms with van der Waals surface area (Å²) in [5, 5.41) is 2.67. The summed E-state index contributed by atoms with van der Waals surface area (Å²) in [7, 11) is -0.883. The number of morpholine rings is 1. The summed E-state index contributed by atoms with van der Waals surface area (Å²) in [4.78, 5) is 26.5. The van der Waals surface area contributed by atoms with E-state index in [1.807, 2.05) is 11.8 Å². The Labute approximate surface area is 172 Å². The first kappa shape index (κ1) is 23.1. The van der Waals surface area contributed by atoms with Gasteiger partial charge in [0, 0.05) is 33.7 Å². The number of ether oxygens (including phenoxy) is 2. The maximum Gasteiger partial charge on any atom is 0.340 e. The van der Waals surface area contributed by atoms with Crippen molar-refractivity contribution in [3.63, 3.8) is 0 Å². The number of benzene rings is 1. The first-order chi connectivity index (χ1) is 13.8. The fourth-order valence-electron chi connectivity index (χ4n) is 2.79. The van der Waals surface area contributed by atoms with Crippen LogP contribution in [-0.2, 0) is 24.3 Å². The van der Waals surface area contributed by atoms with Crippen molar-refractivity contribution in [1.82, 2.24) is 9.62 Å². The number of nitrogens with one attached hydrogen (secondary N) is 1. The Balaban J connectivity index is 2.25. The molecule has 10 heteroatoms. The smallest absolute Gasteiger partial charge is 0.340 e. The third kappa shape index (κ3) is 6.15. The number of carbonyl (C=O) groups excluding carboxylic acids is 2. The third-order valence-electron chi connectivity index (χ3n) is 4.51. The molecule has 2 rings (SSSR count). The molecule has 29 heavy (non-hydrogen) atoms. The molecule has 1 heterocycles. The lowest BCUT2D eigenvalue weighted by Gasteiger charge is -2.30. The number of hydrogen-bond donors (Lipinski definition) is 1. The zero-order valence-electron chi connectivity index (χ0n) is 17.1. The van der Waals surface area contributed by atoms with E-state index in [0.717, 1.165) is 17.1 Å². The van der Waals surface area contributed by atoms with Gasteiger partial charge in [0.2, 0.25) is 10.0 Å². The fraction of sp³-hybridized carbons (Fsp3) is 0.579. The van der Waals surface area contributed by atoms with Crippen LogP contribution < -0.4 is 10.2 Å². The SMILES string of the molecule is CCCCNC(=O)COC(=O)c1cc(S(=O)(=O)N(C)C)ccc1N1CCOCC1. The third-order valence-corrected chi connectivity index (χ3v) is 6.32. The van der Waals surface area contributed by atoms with Gasteiger partial charge < -0.3 is 19.7 Å². The van der Waals surface area contributed by atoms with Gasteiger partial charge in [-0.15, -0.1) is 0 Å². The number of rotatable bonds is 9. The second-order valence-corrected chi connectivity index (χ2v) is 9.00. The standard InChI is InChI=1S/C19H29N3O6S/c1-4-5-8-20-18(23)14-28-19(24)16-13-15(29(25,26)21(2)3)6-7-17(16)22-9-11-27-12-10-22/h6-7,13H,4-5,8-12,14H2,1-3H3,(H,20,23). The molecule has 0 saturated carbocycles. The molecule has 1 aromatic rings. The highest BCUT2D eigenvalue weighted by molar-refractivity contribution is 7.89. The molecule has 1 saturated heterocycles. The summed E-state index contributed by atoms with van der Waals surface area (Å²) >= 11 is 0. The zero-order valence-corrected chi connectivity index (χ0v) is 18.0. The molecule has 0 aromatic heterocycles. The Bertz CT molecular complexity index is 819. The van der Waals surface area contributed by atoms with Gasteiger partial charge in [-0.1, -0.05) is 13.3 Å². The molecular formula is C19H29N3O6S. The topological polar surface area (TPSA) is 105 Å². The summed E-state index contributed by atoms with van der Waals surface area (Å²) in [6, 6.07) is 4.37. The second kappa shape index (κ2) is 10.6. The van der Waals surface area contributed by atoms with Crippen LogP contribution in [0.4, 0.5) is 5.69 Å². The second-order valence-electron chi connectivity index (χ2n) is 6.85. The molecule has 0 bridgehead atoms. The summed E-state index contributed by atoms with van der Waals surface area (Å²) in [6.45, 7) is 4.25. The van der Waals surface area contributed by atoms with Gasteiger partial charge in [0.1, 0.15) is 0 Å². The number of nitrogens with zero attached hydrogens (tertiary/aromatic N) is 2. The molecule has 162 valence electrons. The van der Waals surface area contributed by atoms with Crippen molar-refractivity contribution < 1.29 is 27.5 Å². The molecule has 1 aromatic carbocycles. The quantitative estimate of drug-likeness (QED) is 0.460. The highest BCUT2D eigenvalue weighted by Gasteiger charge is 2.25. The minimum absolute atomic E-state index is 0.0149. The summed E-state index contributed by atoms with van der Waals surface area (Å²) in [5.74, 6) is -1.13. The minimum atomic E-state index is -3.72. The van der Waals surface area contributed by atoms with E-state index in [0.29, 0.717) is 38.5 Å². The molecule has 9 nitrogen and oxygen atoms in total. The summed E-state index contributed by atoms with van der Waals surface area (Å²) in [5.41, 5.74) is 0.665. The van der Waals surface area contributed by atoms with E-state index < -0.39 is 28.5 Å². The lowest BCUT2D eigenvalue weighted by molar-refractivity contribution is -0.124. The Morgan fingerprint density at radius 1 is 1.24 bits per heavy atom. The van der Waals surface area contributed by atoms with Crippen LogP contribution in [0.5, 0.6) is 0 Å². The van der Waals surface area contributed by atoms with Crippen molar-refractivity contribution in [2.45, 2.75) is 24.7 Å². The van der Waals surface area contributed by atoms with E-state index >= 15 is 0 Å². The Morgan fingerprint density at radius 3 is 2.55 bits per heavy atom. The number of hydrogen-bond acceptors (Lipinski definition) is 7. The number of amides is 1. The van der Waals surface area contributed by atoms with E-state index in [-0.39, 0.29) is 10.5 Å². The molecule has 1 amide bonds. The van der Waals surface area contributed by atoms with Gasteiger partial charge in [-0.2, -0.15) is 0 Å². The van der Waals surface area contributed by atoms with E-state index in [1.165, 1.54) is 26.2 Å². The highest BCUT2D eigenvalue weighted by Crippen LogP contribution is 2.27. The van der Waals surface area contributed by atoms with Gasteiger partial charge in [0.25, 0.3) is 5.91 Å². The molecule has 1 fully saturated rings. The van der Waals surface area contributed by atoms with Crippen LogP contribution in [-0.4, -0.2) is 78.1 Å². The average Bonchev–Trinajstić information content (AvgIpc) is 2.72. The van der Waals surface area contributed by atoms with E-state index in [2.05, 4.69) is 5.32 Å². The Hall–Kier alpha value is -2.17. The van der Waals surface area contributed by atoms with Gasteiger partial charge >= 0.3 is 5.97 Å². The normalized spacial score (nSPS) is 14.7. The number of unbranched alkanes of at least 4 members (excludes halogenated alkanes) is 1. The van der Waals surface area contributed by atoms with Gasteiger partial charge in [-0.05, 0) is 24.6 Å². The van der Waals surface area contributed by atoms with Gasteiger partial charge in [-0.25, -0.2) is 17.5 Å². The lowest BCUT2D eigenvalue weighted by atomic mass is 10.1. The molecule has 0 atom stereocenters. The maximum absolute atomic E-state index is 12.7. The first-order valence-corrected chi connectivity index (χ1v) is 11.0. The lowest BCUT2D eigenvalue weighted by Crippen LogP contribution is -2.37. The van der Waals surface area contributed by atoms with Crippen molar-refractivity contribution in [2.75, 3.05) is 58.5 Å². The number of esters is 1. The van der Waals surface area contributed by atoms with Crippen LogP contribution in [0.1, 0.15) is 30.1 Å². The fourth-order valence-corrected chi connectivity index (χ4v) is 3.72. The zero-order chi connectivity index (χ0) is 21.4. The van der Waals surface area contributed by atoms with Crippen LogP contribution in [0.15, 0.2) is 23.1 Å². The van der Waals surface area contributed by atoms with E-state index in [1.54, 1.807) is 6.07 Å². The summed E-state index contributed by atoms with van der Waals surface area (Å²) < 4.78 is 36.5. The molecular weight excluding hydrogens is 398 g/mol. The predicted molar refractivity (Wildman–Crippen MR) is 109 cm³/mol. The van der Waals surface area contributed by atoms with Crippen molar-refractivity contribution in [3.05, 3.63) is 23.8 Å². The maximum atomic E-state index is 12.7. The highest BCUT2D eigenvalue weighted by atomic mass is 32.2.